The molecule has 0 aromatic heterocycles. The van der Waals surface area contributed by atoms with Crippen LogP contribution in [-0.2, 0) is 27.0 Å². The van der Waals surface area contributed by atoms with Crippen molar-refractivity contribution in [2.45, 2.75) is 19.6 Å². The number of alkyl halides is 3. The number of hydrogen-bond acceptors (Lipinski definition) is 4. The highest BCUT2D eigenvalue weighted by Crippen LogP contribution is 2.29. The number of esters is 1. The van der Waals surface area contributed by atoms with Crippen molar-refractivity contribution in [2.24, 2.45) is 0 Å². The Balaban J connectivity index is 1.93. The Labute approximate surface area is 170 Å². The molecule has 0 atom stereocenters. The Morgan fingerprint density at radius 3 is 2.33 bits per heavy atom. The lowest BCUT2D eigenvalue weighted by Crippen LogP contribution is -2.23. The summed E-state index contributed by atoms with van der Waals surface area (Å²) in [5.74, 6) is -1.68. The molecule has 2 N–H and O–H groups in total. The first kappa shape index (κ1) is 22.7. The quantitative estimate of drug-likeness (QED) is 0.552. The van der Waals surface area contributed by atoms with Crippen molar-refractivity contribution in [3.63, 3.8) is 0 Å². The monoisotopic (exact) mass is 420 g/mol. The van der Waals surface area contributed by atoms with E-state index in [1.165, 1.54) is 50.4 Å². The number of rotatable bonds is 6. The molecule has 0 heterocycles. The fourth-order valence-electron chi connectivity index (χ4n) is 2.40. The third kappa shape index (κ3) is 6.47. The van der Waals surface area contributed by atoms with Gasteiger partial charge in [-0.1, -0.05) is 12.1 Å². The van der Waals surface area contributed by atoms with E-state index in [-0.39, 0.29) is 17.7 Å². The maximum absolute atomic E-state index is 12.7. The van der Waals surface area contributed by atoms with E-state index in [4.69, 9.17) is 0 Å². The Morgan fingerprint density at radius 2 is 1.73 bits per heavy atom. The fraction of sp³-hybridized carbons (Fsp3) is 0.190. The first-order chi connectivity index (χ1) is 14.1. The third-order valence-corrected chi connectivity index (χ3v) is 3.99. The van der Waals surface area contributed by atoms with Gasteiger partial charge < -0.3 is 15.4 Å². The molecule has 2 amide bonds. The van der Waals surface area contributed by atoms with E-state index >= 15 is 0 Å². The first-order valence-electron chi connectivity index (χ1n) is 8.72. The van der Waals surface area contributed by atoms with Crippen LogP contribution in [0.4, 0.5) is 18.9 Å². The molecule has 0 bridgehead atoms. The second-order valence-electron chi connectivity index (χ2n) is 6.27. The smallest absolute Gasteiger partial charge is 0.416 e. The topological polar surface area (TPSA) is 84.5 Å². The average molecular weight is 420 g/mol. The van der Waals surface area contributed by atoms with Gasteiger partial charge in [0.25, 0.3) is 5.91 Å². The van der Waals surface area contributed by atoms with Gasteiger partial charge in [-0.15, -0.1) is 0 Å². The minimum Gasteiger partial charge on any atom is -0.465 e. The molecular weight excluding hydrogens is 401 g/mol. The Hall–Kier alpha value is -3.62. The van der Waals surface area contributed by atoms with Crippen LogP contribution in [0, 0.1) is 0 Å². The summed E-state index contributed by atoms with van der Waals surface area (Å²) in [5.41, 5.74) is 0.285. The highest BCUT2D eigenvalue weighted by atomic mass is 19.4. The lowest BCUT2D eigenvalue weighted by atomic mass is 10.1. The van der Waals surface area contributed by atoms with E-state index in [0.29, 0.717) is 11.3 Å². The van der Waals surface area contributed by atoms with Gasteiger partial charge in [-0.25, -0.2) is 4.79 Å². The van der Waals surface area contributed by atoms with E-state index in [1.807, 2.05) is 0 Å². The van der Waals surface area contributed by atoms with Crippen molar-refractivity contribution in [3.8, 4) is 0 Å². The van der Waals surface area contributed by atoms with Gasteiger partial charge in [0.05, 0.1) is 18.2 Å². The van der Waals surface area contributed by atoms with Crippen LogP contribution in [-0.4, -0.2) is 24.9 Å². The van der Waals surface area contributed by atoms with Gasteiger partial charge in [0.15, 0.2) is 0 Å². The third-order valence-electron chi connectivity index (χ3n) is 3.99. The minimum absolute atomic E-state index is 0.0913. The number of amides is 2. The molecule has 9 heteroatoms. The molecule has 2 rings (SSSR count). The SMILES string of the molecule is COC(=O)c1ccc(NC(=O)/C(C)=C/C(=O)NCc2cccc(C(F)(F)F)c2)cc1. The van der Waals surface area contributed by atoms with Gasteiger partial charge >= 0.3 is 12.1 Å². The van der Waals surface area contributed by atoms with Gasteiger partial charge in [-0.05, 0) is 48.9 Å². The molecule has 0 saturated carbocycles. The van der Waals surface area contributed by atoms with Gasteiger partial charge in [0.1, 0.15) is 0 Å². The summed E-state index contributed by atoms with van der Waals surface area (Å²) in [4.78, 5) is 35.5. The highest BCUT2D eigenvalue weighted by molar-refractivity contribution is 6.07. The number of hydrogen-bond donors (Lipinski definition) is 2. The summed E-state index contributed by atoms with van der Waals surface area (Å²) in [6, 6.07) is 10.6. The van der Waals surface area contributed by atoms with Crippen LogP contribution < -0.4 is 10.6 Å². The van der Waals surface area contributed by atoms with Crippen molar-refractivity contribution in [1.82, 2.24) is 5.32 Å². The molecule has 0 unspecified atom stereocenters. The summed E-state index contributed by atoms with van der Waals surface area (Å²) in [6.07, 6.45) is -3.42. The number of methoxy groups -OCH3 is 1. The summed E-state index contributed by atoms with van der Waals surface area (Å²) in [6.45, 7) is 1.30. The van der Waals surface area contributed by atoms with E-state index in [2.05, 4.69) is 15.4 Å². The van der Waals surface area contributed by atoms with Gasteiger partial charge in [-0.2, -0.15) is 13.2 Å². The van der Waals surface area contributed by atoms with Crippen molar-refractivity contribution >= 4 is 23.5 Å². The average Bonchev–Trinajstić information content (AvgIpc) is 2.71. The number of carbonyl (C=O) groups excluding carboxylic acids is 3. The maximum atomic E-state index is 12.7. The van der Waals surface area contributed by atoms with Crippen molar-refractivity contribution in [3.05, 3.63) is 76.9 Å². The Kier molecular flexibility index (Phi) is 7.35. The van der Waals surface area contributed by atoms with Gasteiger partial charge in [-0.3, -0.25) is 9.59 Å². The largest absolute Gasteiger partial charge is 0.465 e. The van der Waals surface area contributed by atoms with Crippen LogP contribution in [0.1, 0.15) is 28.4 Å². The van der Waals surface area contributed by atoms with Crippen molar-refractivity contribution in [2.75, 3.05) is 12.4 Å². The maximum Gasteiger partial charge on any atom is 0.416 e. The number of nitrogens with one attached hydrogen (secondary N) is 2. The Bertz CT molecular complexity index is 967. The summed E-state index contributed by atoms with van der Waals surface area (Å²) >= 11 is 0. The lowest BCUT2D eigenvalue weighted by molar-refractivity contribution is -0.137. The predicted molar refractivity (Wildman–Crippen MR) is 103 cm³/mol. The molecule has 2 aromatic rings. The van der Waals surface area contributed by atoms with Crippen LogP contribution in [0.3, 0.4) is 0 Å². The summed E-state index contributed by atoms with van der Waals surface area (Å²) in [7, 11) is 1.25. The second-order valence-corrected chi connectivity index (χ2v) is 6.27. The standard InChI is InChI=1S/C21H19F3N2O4/c1-13(19(28)26-17-8-6-15(7-9-17)20(29)30-2)10-18(27)25-12-14-4-3-5-16(11-14)21(22,23)24/h3-11H,12H2,1-2H3,(H,25,27)(H,26,28)/b13-10+. The molecular formula is C21H19F3N2O4. The molecule has 158 valence electrons. The van der Waals surface area contributed by atoms with Crippen molar-refractivity contribution in [1.29, 1.82) is 0 Å². The van der Waals surface area contributed by atoms with E-state index in [9.17, 15) is 27.6 Å². The van der Waals surface area contributed by atoms with Crippen LogP contribution >= 0.6 is 0 Å². The van der Waals surface area contributed by atoms with Crippen LogP contribution in [0.15, 0.2) is 60.2 Å². The van der Waals surface area contributed by atoms with E-state index < -0.39 is 29.5 Å². The summed E-state index contributed by atoms with van der Waals surface area (Å²) in [5, 5.41) is 5.00. The first-order valence-corrected chi connectivity index (χ1v) is 8.72. The molecule has 2 aromatic carbocycles. The predicted octanol–water partition coefficient (Wildman–Crippen LogP) is 3.69. The number of benzene rings is 2. The molecule has 0 saturated heterocycles. The van der Waals surface area contributed by atoms with Crippen LogP contribution in [0.5, 0.6) is 0 Å². The zero-order chi connectivity index (χ0) is 22.3. The highest BCUT2D eigenvalue weighted by Gasteiger charge is 2.30. The summed E-state index contributed by atoms with van der Waals surface area (Å²) < 4.78 is 42.7. The number of anilines is 1. The molecule has 0 aliphatic rings. The van der Waals surface area contributed by atoms with E-state index in [0.717, 1.165) is 18.2 Å². The van der Waals surface area contributed by atoms with Crippen LogP contribution in [0.2, 0.25) is 0 Å². The molecule has 0 spiro atoms. The minimum atomic E-state index is -4.47. The number of carbonyl (C=O) groups is 3. The van der Waals surface area contributed by atoms with E-state index in [1.54, 1.807) is 0 Å². The second kappa shape index (κ2) is 9.73. The number of halogens is 3. The van der Waals surface area contributed by atoms with Crippen molar-refractivity contribution < 1.29 is 32.3 Å². The molecule has 6 nitrogen and oxygen atoms in total. The molecule has 0 aliphatic heterocycles. The Morgan fingerprint density at radius 1 is 1.07 bits per heavy atom. The van der Waals surface area contributed by atoms with Gasteiger partial charge in [0.2, 0.25) is 5.91 Å². The molecule has 0 fully saturated rings. The zero-order valence-corrected chi connectivity index (χ0v) is 16.2. The van der Waals surface area contributed by atoms with Crippen LogP contribution in [0.25, 0.3) is 0 Å². The molecule has 30 heavy (non-hydrogen) atoms. The molecule has 0 aliphatic carbocycles. The normalized spacial score (nSPS) is 11.6. The molecule has 0 radical (unpaired) electrons. The fourth-order valence-corrected chi connectivity index (χ4v) is 2.40. The lowest BCUT2D eigenvalue weighted by Gasteiger charge is -2.09. The van der Waals surface area contributed by atoms with Gasteiger partial charge in [0, 0.05) is 23.9 Å². The number of ether oxygens (including phenoxy) is 1. The zero-order valence-electron chi connectivity index (χ0n) is 16.2.